The fraction of sp³-hybridized carbons (Fsp3) is 0.750. The number of rotatable bonds is 8. The first kappa shape index (κ1) is 11.1. The quantitative estimate of drug-likeness (QED) is 0.520. The molecule has 1 aromatic heterocycles. The van der Waals surface area contributed by atoms with Crippen LogP contribution in [0.2, 0.25) is 0 Å². The van der Waals surface area contributed by atoms with Crippen molar-refractivity contribution >= 4 is 0 Å². The van der Waals surface area contributed by atoms with Crippen molar-refractivity contribution in [2.75, 3.05) is 32.9 Å². The lowest BCUT2D eigenvalue weighted by atomic mass is 10.6. The lowest BCUT2D eigenvalue weighted by Gasteiger charge is -2.04. The molecule has 0 saturated carbocycles. The topological polar surface area (TPSA) is 72.2 Å². The van der Waals surface area contributed by atoms with E-state index in [-0.39, 0.29) is 6.61 Å². The van der Waals surface area contributed by atoms with Crippen LogP contribution in [0.4, 0.5) is 0 Å². The van der Waals surface area contributed by atoms with Gasteiger partial charge in [-0.3, -0.25) is 4.68 Å². The van der Waals surface area contributed by atoms with Crippen molar-refractivity contribution in [3.63, 3.8) is 0 Å². The average Bonchev–Trinajstić information content (AvgIpc) is 2.69. The van der Waals surface area contributed by atoms with E-state index in [1.807, 2.05) is 6.20 Å². The smallest absolute Gasteiger partial charge is 0.0698 e. The number of aliphatic hydroxyl groups is 1. The second-order valence-electron chi connectivity index (χ2n) is 2.75. The minimum Gasteiger partial charge on any atom is -0.394 e. The van der Waals surface area contributed by atoms with Crippen LogP contribution in [0.15, 0.2) is 12.4 Å². The summed E-state index contributed by atoms with van der Waals surface area (Å²) in [5.74, 6) is 0. The summed E-state index contributed by atoms with van der Waals surface area (Å²) in [6, 6.07) is 0. The zero-order valence-corrected chi connectivity index (χ0v) is 8.09. The molecule has 1 heterocycles. The summed E-state index contributed by atoms with van der Waals surface area (Å²) in [5, 5.41) is 19.1. The largest absolute Gasteiger partial charge is 0.394 e. The number of ether oxygens (including phenoxy) is 1. The van der Waals surface area contributed by atoms with E-state index in [0.29, 0.717) is 13.2 Å². The summed E-state index contributed by atoms with van der Waals surface area (Å²) in [6.45, 7) is 3.54. The van der Waals surface area contributed by atoms with Gasteiger partial charge in [-0.2, -0.15) is 0 Å². The highest BCUT2D eigenvalue weighted by Gasteiger charge is 1.91. The van der Waals surface area contributed by atoms with Gasteiger partial charge in [0.25, 0.3) is 0 Å². The van der Waals surface area contributed by atoms with Crippen LogP contribution >= 0.6 is 0 Å². The third kappa shape index (κ3) is 4.90. The van der Waals surface area contributed by atoms with Crippen molar-refractivity contribution in [2.45, 2.75) is 6.54 Å². The average molecular weight is 200 g/mol. The zero-order valence-electron chi connectivity index (χ0n) is 8.09. The van der Waals surface area contributed by atoms with E-state index in [2.05, 4.69) is 15.6 Å². The normalized spacial score (nSPS) is 10.6. The highest BCUT2D eigenvalue weighted by Crippen LogP contribution is 1.78. The van der Waals surface area contributed by atoms with E-state index in [0.717, 1.165) is 19.6 Å². The summed E-state index contributed by atoms with van der Waals surface area (Å²) >= 11 is 0. The molecule has 0 aliphatic rings. The first-order chi connectivity index (χ1) is 6.93. The molecule has 1 aromatic rings. The molecule has 80 valence electrons. The first-order valence-corrected chi connectivity index (χ1v) is 4.67. The number of nitrogens with one attached hydrogen (secondary N) is 1. The van der Waals surface area contributed by atoms with E-state index in [1.54, 1.807) is 10.9 Å². The highest BCUT2D eigenvalue weighted by atomic mass is 16.5. The van der Waals surface area contributed by atoms with Crippen LogP contribution in [0.1, 0.15) is 0 Å². The third-order valence-corrected chi connectivity index (χ3v) is 1.65. The van der Waals surface area contributed by atoms with Gasteiger partial charge in [0.2, 0.25) is 0 Å². The predicted octanol–water partition coefficient (Wildman–Crippen LogP) is -1.12. The van der Waals surface area contributed by atoms with Crippen LogP contribution in [0.5, 0.6) is 0 Å². The molecule has 6 heteroatoms. The van der Waals surface area contributed by atoms with Gasteiger partial charge in [0.1, 0.15) is 0 Å². The van der Waals surface area contributed by atoms with Crippen molar-refractivity contribution in [1.82, 2.24) is 20.3 Å². The molecule has 0 aliphatic heterocycles. The Balaban J connectivity index is 1.85. The molecule has 0 aromatic carbocycles. The third-order valence-electron chi connectivity index (χ3n) is 1.65. The van der Waals surface area contributed by atoms with E-state index >= 15 is 0 Å². The summed E-state index contributed by atoms with van der Waals surface area (Å²) in [5.41, 5.74) is 0. The number of aromatic nitrogens is 3. The van der Waals surface area contributed by atoms with Gasteiger partial charge in [-0.15, -0.1) is 5.10 Å². The van der Waals surface area contributed by atoms with Gasteiger partial charge in [0, 0.05) is 19.3 Å². The van der Waals surface area contributed by atoms with Crippen LogP contribution in [-0.2, 0) is 11.3 Å². The maximum absolute atomic E-state index is 8.43. The van der Waals surface area contributed by atoms with Gasteiger partial charge in [-0.25, -0.2) is 0 Å². The minimum absolute atomic E-state index is 0.0823. The second kappa shape index (κ2) is 7.43. The molecule has 0 unspecified atom stereocenters. The zero-order chi connectivity index (χ0) is 10.1. The molecule has 0 spiro atoms. The molecule has 0 saturated heterocycles. The minimum atomic E-state index is 0.0823. The summed E-state index contributed by atoms with van der Waals surface area (Å²) in [4.78, 5) is 0. The summed E-state index contributed by atoms with van der Waals surface area (Å²) in [6.07, 6.45) is 3.48. The van der Waals surface area contributed by atoms with Crippen LogP contribution in [-0.4, -0.2) is 53.0 Å². The molecule has 6 nitrogen and oxygen atoms in total. The van der Waals surface area contributed by atoms with Crippen LogP contribution in [0, 0.1) is 0 Å². The van der Waals surface area contributed by atoms with E-state index in [4.69, 9.17) is 9.84 Å². The van der Waals surface area contributed by atoms with Gasteiger partial charge in [0.05, 0.1) is 32.6 Å². The van der Waals surface area contributed by atoms with Crippen molar-refractivity contribution in [1.29, 1.82) is 0 Å². The van der Waals surface area contributed by atoms with Crippen molar-refractivity contribution < 1.29 is 9.84 Å². The fourth-order valence-corrected chi connectivity index (χ4v) is 0.982. The molecule has 1 rings (SSSR count). The van der Waals surface area contributed by atoms with Crippen LogP contribution in [0.25, 0.3) is 0 Å². The lowest BCUT2D eigenvalue weighted by molar-refractivity contribution is 0.0938. The van der Waals surface area contributed by atoms with Gasteiger partial charge >= 0.3 is 0 Å². The Kier molecular flexibility index (Phi) is 5.89. The molecule has 0 amide bonds. The molecular weight excluding hydrogens is 184 g/mol. The monoisotopic (exact) mass is 200 g/mol. The highest BCUT2D eigenvalue weighted by molar-refractivity contribution is 4.64. The molecule has 0 atom stereocenters. The van der Waals surface area contributed by atoms with E-state index in [9.17, 15) is 0 Å². The molecule has 0 aliphatic carbocycles. The second-order valence-corrected chi connectivity index (χ2v) is 2.75. The van der Waals surface area contributed by atoms with Gasteiger partial charge in [-0.1, -0.05) is 5.21 Å². The van der Waals surface area contributed by atoms with Crippen molar-refractivity contribution in [3.05, 3.63) is 12.4 Å². The Morgan fingerprint density at radius 2 is 2.29 bits per heavy atom. The standard InChI is InChI=1S/C8H16N4O2/c13-6-8-14-7-3-9-1-4-12-5-2-10-11-12/h2,5,9,13H,1,3-4,6-8H2. The van der Waals surface area contributed by atoms with Gasteiger partial charge < -0.3 is 15.2 Å². The summed E-state index contributed by atoms with van der Waals surface area (Å²) < 4.78 is 6.84. The number of hydrogen-bond donors (Lipinski definition) is 2. The number of aliphatic hydroxyl groups excluding tert-OH is 1. The Hall–Kier alpha value is -0.980. The molecule has 2 N–H and O–H groups in total. The first-order valence-electron chi connectivity index (χ1n) is 4.67. The molecule has 0 fully saturated rings. The Morgan fingerprint density at radius 3 is 3.00 bits per heavy atom. The molecule has 14 heavy (non-hydrogen) atoms. The maximum Gasteiger partial charge on any atom is 0.0698 e. The number of nitrogens with zero attached hydrogens (tertiary/aromatic N) is 3. The van der Waals surface area contributed by atoms with Crippen molar-refractivity contribution in [3.8, 4) is 0 Å². The molecule has 0 radical (unpaired) electrons. The Morgan fingerprint density at radius 1 is 1.36 bits per heavy atom. The van der Waals surface area contributed by atoms with Crippen LogP contribution < -0.4 is 5.32 Å². The maximum atomic E-state index is 8.43. The van der Waals surface area contributed by atoms with Crippen LogP contribution in [0.3, 0.4) is 0 Å². The lowest BCUT2D eigenvalue weighted by Crippen LogP contribution is -2.24. The van der Waals surface area contributed by atoms with E-state index in [1.165, 1.54) is 0 Å². The van der Waals surface area contributed by atoms with E-state index < -0.39 is 0 Å². The Labute approximate surface area is 82.9 Å². The van der Waals surface area contributed by atoms with Gasteiger partial charge in [0.15, 0.2) is 0 Å². The molecular formula is C8H16N4O2. The Bertz CT molecular complexity index is 215. The fourth-order valence-electron chi connectivity index (χ4n) is 0.982. The molecule has 0 bridgehead atoms. The summed E-state index contributed by atoms with van der Waals surface area (Å²) in [7, 11) is 0. The van der Waals surface area contributed by atoms with Gasteiger partial charge in [-0.05, 0) is 0 Å². The van der Waals surface area contributed by atoms with Crippen molar-refractivity contribution in [2.24, 2.45) is 0 Å². The predicted molar refractivity (Wildman–Crippen MR) is 50.8 cm³/mol. The SMILES string of the molecule is OCCOCCNCCn1ccnn1. The number of hydrogen-bond acceptors (Lipinski definition) is 5.